The highest BCUT2D eigenvalue weighted by Crippen LogP contribution is 2.07. The third kappa shape index (κ3) is 4.65. The summed E-state index contributed by atoms with van der Waals surface area (Å²) in [6, 6.07) is 0. The normalized spacial score (nSPS) is 7.50. The monoisotopic (exact) mass is 194 g/mol. The minimum Gasteiger partial charge on any atom is -0.275 e. The standard InChI is InChI=1S/C8H10N2.2C2H6/c1-4-7-6-10(3)9-8(7)5-2;2*1-2/h4-6H,1-2H2,3H3;2*1-2H3. The molecular formula is C12H22N2. The van der Waals surface area contributed by atoms with Crippen LogP contribution < -0.4 is 0 Å². The number of aromatic nitrogens is 2. The topological polar surface area (TPSA) is 17.8 Å². The van der Waals surface area contributed by atoms with E-state index in [-0.39, 0.29) is 0 Å². The Morgan fingerprint density at radius 3 is 1.93 bits per heavy atom. The molecule has 0 saturated heterocycles. The lowest BCUT2D eigenvalue weighted by atomic mass is 10.2. The maximum Gasteiger partial charge on any atom is 0.0917 e. The van der Waals surface area contributed by atoms with Crippen molar-refractivity contribution < 1.29 is 0 Å². The Morgan fingerprint density at radius 2 is 1.64 bits per heavy atom. The largest absolute Gasteiger partial charge is 0.275 e. The predicted molar refractivity (Wildman–Crippen MR) is 66.1 cm³/mol. The van der Waals surface area contributed by atoms with Crippen molar-refractivity contribution in [2.24, 2.45) is 7.05 Å². The molecular weight excluding hydrogens is 172 g/mol. The van der Waals surface area contributed by atoms with Gasteiger partial charge in [0.1, 0.15) is 0 Å². The molecule has 0 spiro atoms. The van der Waals surface area contributed by atoms with E-state index in [9.17, 15) is 0 Å². The number of hydrogen-bond donors (Lipinski definition) is 0. The zero-order valence-corrected chi connectivity index (χ0v) is 10.0. The van der Waals surface area contributed by atoms with Gasteiger partial charge in [-0.3, -0.25) is 4.68 Å². The lowest BCUT2D eigenvalue weighted by Gasteiger charge is -1.82. The van der Waals surface area contributed by atoms with E-state index < -0.39 is 0 Å². The summed E-state index contributed by atoms with van der Waals surface area (Å²) in [6.07, 6.45) is 5.39. The van der Waals surface area contributed by atoms with Crippen LogP contribution in [0.25, 0.3) is 12.2 Å². The molecule has 1 rings (SSSR count). The minimum atomic E-state index is 0.887. The quantitative estimate of drug-likeness (QED) is 0.701. The fourth-order valence-electron chi connectivity index (χ4n) is 0.840. The number of nitrogens with zero attached hydrogens (tertiary/aromatic N) is 2. The Balaban J connectivity index is 0. The second kappa shape index (κ2) is 9.78. The van der Waals surface area contributed by atoms with Gasteiger partial charge in [-0.05, 0) is 6.08 Å². The first kappa shape index (κ1) is 15.2. The highest BCUT2D eigenvalue weighted by atomic mass is 15.2. The summed E-state index contributed by atoms with van der Waals surface area (Å²) in [5, 5.41) is 4.13. The Hall–Kier alpha value is -1.31. The number of aryl methyl sites for hydroxylation is 1. The molecule has 0 N–H and O–H groups in total. The molecule has 0 bridgehead atoms. The smallest absolute Gasteiger partial charge is 0.0917 e. The Bertz CT molecular complexity index is 234. The van der Waals surface area contributed by atoms with Crippen LogP contribution in [0.2, 0.25) is 0 Å². The summed E-state index contributed by atoms with van der Waals surface area (Å²) < 4.78 is 1.74. The first-order valence-corrected chi connectivity index (χ1v) is 5.06. The molecule has 80 valence electrons. The second-order valence-electron chi connectivity index (χ2n) is 2.05. The highest BCUT2D eigenvalue weighted by Gasteiger charge is 1.97. The lowest BCUT2D eigenvalue weighted by Crippen LogP contribution is -1.86. The van der Waals surface area contributed by atoms with Crippen LogP contribution in [0, 0.1) is 0 Å². The van der Waals surface area contributed by atoms with Gasteiger partial charge < -0.3 is 0 Å². The number of rotatable bonds is 2. The molecule has 0 amide bonds. The Labute approximate surface area is 88.0 Å². The van der Waals surface area contributed by atoms with Crippen LogP contribution in [0.4, 0.5) is 0 Å². The molecule has 0 saturated carbocycles. The summed E-state index contributed by atoms with van der Waals surface area (Å²) in [4.78, 5) is 0. The van der Waals surface area contributed by atoms with E-state index in [1.54, 1.807) is 16.8 Å². The van der Waals surface area contributed by atoms with Gasteiger partial charge in [0.25, 0.3) is 0 Å². The maximum absolute atomic E-state index is 4.13. The first-order chi connectivity index (χ1) is 6.77. The van der Waals surface area contributed by atoms with E-state index in [2.05, 4.69) is 18.3 Å². The van der Waals surface area contributed by atoms with E-state index in [0.29, 0.717) is 0 Å². The van der Waals surface area contributed by atoms with Crippen LogP contribution in [0.1, 0.15) is 39.0 Å². The van der Waals surface area contributed by atoms with Crippen molar-refractivity contribution in [1.29, 1.82) is 0 Å². The molecule has 2 heteroatoms. The third-order valence-corrected chi connectivity index (χ3v) is 1.30. The lowest BCUT2D eigenvalue weighted by molar-refractivity contribution is 0.764. The van der Waals surface area contributed by atoms with Crippen molar-refractivity contribution >= 4 is 12.2 Å². The van der Waals surface area contributed by atoms with Gasteiger partial charge in [0.15, 0.2) is 0 Å². The van der Waals surface area contributed by atoms with Crippen molar-refractivity contribution in [1.82, 2.24) is 9.78 Å². The van der Waals surface area contributed by atoms with Gasteiger partial charge in [-0.25, -0.2) is 0 Å². The molecule has 2 nitrogen and oxygen atoms in total. The Kier molecular flexibility index (Phi) is 10.6. The van der Waals surface area contributed by atoms with Gasteiger partial charge in [0.05, 0.1) is 5.69 Å². The molecule has 1 aromatic rings. The minimum absolute atomic E-state index is 0.887. The van der Waals surface area contributed by atoms with Crippen molar-refractivity contribution in [3.63, 3.8) is 0 Å². The van der Waals surface area contributed by atoms with E-state index >= 15 is 0 Å². The molecule has 0 radical (unpaired) electrons. The zero-order valence-electron chi connectivity index (χ0n) is 10.0. The molecule has 1 aromatic heterocycles. The maximum atomic E-state index is 4.13. The predicted octanol–water partition coefficient (Wildman–Crippen LogP) is 3.76. The average molecular weight is 194 g/mol. The van der Waals surface area contributed by atoms with E-state index in [4.69, 9.17) is 0 Å². The van der Waals surface area contributed by atoms with Crippen LogP contribution in [0.15, 0.2) is 19.4 Å². The van der Waals surface area contributed by atoms with Crippen LogP contribution >= 0.6 is 0 Å². The van der Waals surface area contributed by atoms with Gasteiger partial charge in [0.2, 0.25) is 0 Å². The summed E-state index contributed by atoms with van der Waals surface area (Å²) in [6.45, 7) is 15.3. The summed E-state index contributed by atoms with van der Waals surface area (Å²) >= 11 is 0. The number of hydrogen-bond acceptors (Lipinski definition) is 1. The van der Waals surface area contributed by atoms with Crippen molar-refractivity contribution in [3.8, 4) is 0 Å². The summed E-state index contributed by atoms with van der Waals surface area (Å²) in [5.74, 6) is 0. The third-order valence-electron chi connectivity index (χ3n) is 1.30. The van der Waals surface area contributed by atoms with Crippen molar-refractivity contribution in [2.75, 3.05) is 0 Å². The van der Waals surface area contributed by atoms with E-state index in [0.717, 1.165) is 11.3 Å². The molecule has 0 aliphatic rings. The fraction of sp³-hybridized carbons (Fsp3) is 0.417. The van der Waals surface area contributed by atoms with Crippen LogP contribution in [-0.4, -0.2) is 9.78 Å². The van der Waals surface area contributed by atoms with Crippen LogP contribution in [-0.2, 0) is 7.05 Å². The molecule has 0 aliphatic heterocycles. The second-order valence-corrected chi connectivity index (χ2v) is 2.05. The van der Waals surface area contributed by atoms with Crippen molar-refractivity contribution in [3.05, 3.63) is 30.6 Å². The molecule has 0 fully saturated rings. The molecule has 0 unspecified atom stereocenters. The molecule has 14 heavy (non-hydrogen) atoms. The van der Waals surface area contributed by atoms with Crippen LogP contribution in [0.5, 0.6) is 0 Å². The average Bonchev–Trinajstić information content (AvgIpc) is 2.64. The molecule has 0 aromatic carbocycles. The fourth-order valence-corrected chi connectivity index (χ4v) is 0.840. The summed E-state index contributed by atoms with van der Waals surface area (Å²) in [7, 11) is 1.88. The van der Waals surface area contributed by atoms with Gasteiger partial charge in [-0.15, -0.1) is 0 Å². The SMILES string of the molecule is C=Cc1cn(C)nc1C=C.CC.CC. The molecule has 1 heterocycles. The molecule has 0 aliphatic carbocycles. The zero-order chi connectivity index (χ0) is 11.6. The van der Waals surface area contributed by atoms with E-state index in [1.165, 1.54) is 0 Å². The first-order valence-electron chi connectivity index (χ1n) is 5.06. The highest BCUT2D eigenvalue weighted by molar-refractivity contribution is 5.59. The van der Waals surface area contributed by atoms with Crippen molar-refractivity contribution in [2.45, 2.75) is 27.7 Å². The van der Waals surface area contributed by atoms with Crippen LogP contribution in [0.3, 0.4) is 0 Å². The molecule has 0 atom stereocenters. The van der Waals surface area contributed by atoms with E-state index in [1.807, 2.05) is 40.9 Å². The Morgan fingerprint density at radius 1 is 1.14 bits per heavy atom. The van der Waals surface area contributed by atoms with Gasteiger partial charge >= 0.3 is 0 Å². The van der Waals surface area contributed by atoms with Gasteiger partial charge in [-0.1, -0.05) is 46.9 Å². The van der Waals surface area contributed by atoms with Gasteiger partial charge in [0, 0.05) is 18.8 Å². The summed E-state index contributed by atoms with van der Waals surface area (Å²) in [5.41, 5.74) is 1.91. The van der Waals surface area contributed by atoms with Gasteiger partial charge in [-0.2, -0.15) is 5.10 Å².